The average Bonchev–Trinajstić information content (AvgIpc) is 2.26. The highest BCUT2D eigenvalue weighted by molar-refractivity contribution is 9.10. The van der Waals surface area contributed by atoms with Crippen LogP contribution in [0.1, 0.15) is 30.6 Å². The van der Waals surface area contributed by atoms with E-state index in [1.165, 1.54) is 0 Å². The van der Waals surface area contributed by atoms with Gasteiger partial charge in [0.1, 0.15) is 0 Å². The minimum absolute atomic E-state index is 0.186. The molecule has 17 heavy (non-hydrogen) atoms. The molecular weight excluding hydrogens is 284 g/mol. The molecular formula is C13H15BrO3. The summed E-state index contributed by atoms with van der Waals surface area (Å²) < 4.78 is 5.81. The molecule has 0 atom stereocenters. The predicted molar refractivity (Wildman–Crippen MR) is 68.9 cm³/mol. The molecule has 0 aromatic heterocycles. The molecule has 0 aliphatic rings. The molecule has 0 heterocycles. The Morgan fingerprint density at radius 1 is 1.24 bits per heavy atom. The summed E-state index contributed by atoms with van der Waals surface area (Å²) in [6.07, 6.45) is 0.341. The van der Waals surface area contributed by atoms with E-state index in [0.717, 1.165) is 4.47 Å². The topological polar surface area (TPSA) is 43.4 Å². The van der Waals surface area contributed by atoms with Crippen molar-refractivity contribution in [1.82, 2.24) is 0 Å². The molecule has 0 radical (unpaired) electrons. The lowest BCUT2D eigenvalue weighted by molar-refractivity contribution is -0.143. The first-order valence-corrected chi connectivity index (χ1v) is 6.22. The molecule has 1 rings (SSSR count). The summed E-state index contributed by atoms with van der Waals surface area (Å²) in [6, 6.07) is 6.96. The SMILES string of the molecule is CC(C)CC(=O)OCC(=O)c1ccc(Br)cc1. The Balaban J connectivity index is 2.45. The molecule has 1 aromatic rings. The summed E-state index contributed by atoms with van der Waals surface area (Å²) in [4.78, 5) is 22.9. The van der Waals surface area contributed by atoms with Gasteiger partial charge in [-0.05, 0) is 18.1 Å². The minimum Gasteiger partial charge on any atom is -0.457 e. The Morgan fingerprint density at radius 3 is 2.35 bits per heavy atom. The fourth-order valence-corrected chi connectivity index (χ4v) is 1.52. The number of carbonyl (C=O) groups excluding carboxylic acids is 2. The molecule has 0 saturated heterocycles. The van der Waals surface area contributed by atoms with E-state index in [0.29, 0.717) is 12.0 Å². The number of hydrogen-bond donors (Lipinski definition) is 0. The molecule has 0 saturated carbocycles. The maximum absolute atomic E-state index is 11.7. The van der Waals surface area contributed by atoms with Gasteiger partial charge in [0.2, 0.25) is 0 Å². The maximum atomic E-state index is 11.7. The van der Waals surface area contributed by atoms with Crippen molar-refractivity contribution in [3.05, 3.63) is 34.3 Å². The van der Waals surface area contributed by atoms with Crippen LogP contribution >= 0.6 is 15.9 Å². The molecule has 1 aromatic carbocycles. The lowest BCUT2D eigenvalue weighted by Crippen LogP contribution is -2.15. The summed E-state index contributed by atoms with van der Waals surface area (Å²) in [5.74, 6) is -0.273. The number of ether oxygens (including phenoxy) is 1. The molecule has 0 unspecified atom stereocenters. The van der Waals surface area contributed by atoms with E-state index in [9.17, 15) is 9.59 Å². The first-order valence-electron chi connectivity index (χ1n) is 5.43. The van der Waals surface area contributed by atoms with Gasteiger partial charge in [-0.2, -0.15) is 0 Å². The van der Waals surface area contributed by atoms with Crippen molar-refractivity contribution in [2.45, 2.75) is 20.3 Å². The van der Waals surface area contributed by atoms with Gasteiger partial charge in [0.25, 0.3) is 0 Å². The van der Waals surface area contributed by atoms with Gasteiger partial charge in [-0.1, -0.05) is 41.9 Å². The van der Waals surface area contributed by atoms with Crippen LogP contribution in [-0.2, 0) is 9.53 Å². The van der Waals surface area contributed by atoms with Crippen LogP contribution in [0.25, 0.3) is 0 Å². The van der Waals surface area contributed by atoms with Gasteiger partial charge in [-0.15, -0.1) is 0 Å². The fraction of sp³-hybridized carbons (Fsp3) is 0.385. The van der Waals surface area contributed by atoms with E-state index in [-0.39, 0.29) is 24.3 Å². The monoisotopic (exact) mass is 298 g/mol. The molecule has 0 aliphatic heterocycles. The Labute approximate surface area is 109 Å². The lowest BCUT2D eigenvalue weighted by Gasteiger charge is -2.06. The van der Waals surface area contributed by atoms with Gasteiger partial charge in [-0.25, -0.2) is 0 Å². The molecule has 0 aliphatic carbocycles. The second kappa shape index (κ2) is 6.55. The Morgan fingerprint density at radius 2 is 1.82 bits per heavy atom. The molecule has 92 valence electrons. The largest absolute Gasteiger partial charge is 0.457 e. The quantitative estimate of drug-likeness (QED) is 0.619. The van der Waals surface area contributed by atoms with E-state index in [2.05, 4.69) is 15.9 Å². The first kappa shape index (κ1) is 13.9. The van der Waals surface area contributed by atoms with Crippen LogP contribution in [0, 0.1) is 5.92 Å². The Hall–Kier alpha value is -1.16. The van der Waals surface area contributed by atoms with Crippen molar-refractivity contribution in [1.29, 1.82) is 0 Å². The van der Waals surface area contributed by atoms with Crippen LogP contribution < -0.4 is 0 Å². The number of halogens is 1. The van der Waals surface area contributed by atoms with Gasteiger partial charge in [0, 0.05) is 16.5 Å². The zero-order chi connectivity index (χ0) is 12.8. The van der Waals surface area contributed by atoms with Crippen LogP contribution in [0.2, 0.25) is 0 Å². The highest BCUT2D eigenvalue weighted by atomic mass is 79.9. The highest BCUT2D eigenvalue weighted by Gasteiger charge is 2.10. The third kappa shape index (κ3) is 5.13. The van der Waals surface area contributed by atoms with Crippen molar-refractivity contribution >= 4 is 27.7 Å². The second-order valence-corrected chi connectivity index (χ2v) is 5.10. The molecule has 0 spiro atoms. The van der Waals surface area contributed by atoms with Gasteiger partial charge >= 0.3 is 5.97 Å². The van der Waals surface area contributed by atoms with Crippen LogP contribution in [0.4, 0.5) is 0 Å². The number of carbonyl (C=O) groups is 2. The number of Topliss-reactive ketones (excluding diaryl/α,β-unsaturated/α-hetero) is 1. The molecule has 3 nitrogen and oxygen atoms in total. The number of hydrogen-bond acceptors (Lipinski definition) is 3. The maximum Gasteiger partial charge on any atom is 0.306 e. The Bertz CT molecular complexity index is 396. The van der Waals surface area contributed by atoms with E-state index in [1.54, 1.807) is 24.3 Å². The van der Waals surface area contributed by atoms with E-state index in [1.807, 2.05) is 13.8 Å². The summed E-state index contributed by atoms with van der Waals surface area (Å²) in [6.45, 7) is 3.67. The fourth-order valence-electron chi connectivity index (χ4n) is 1.26. The summed E-state index contributed by atoms with van der Waals surface area (Å²) in [5, 5.41) is 0. The van der Waals surface area contributed by atoms with Crippen molar-refractivity contribution < 1.29 is 14.3 Å². The first-order chi connectivity index (χ1) is 7.99. The van der Waals surface area contributed by atoms with Crippen LogP contribution in [0.3, 0.4) is 0 Å². The standard InChI is InChI=1S/C13H15BrO3/c1-9(2)7-13(16)17-8-12(15)10-3-5-11(14)6-4-10/h3-6,9H,7-8H2,1-2H3. The summed E-state index contributed by atoms with van der Waals surface area (Å²) in [5.41, 5.74) is 0.547. The second-order valence-electron chi connectivity index (χ2n) is 4.19. The molecule has 0 fully saturated rings. The summed E-state index contributed by atoms with van der Waals surface area (Å²) in [7, 11) is 0. The third-order valence-electron chi connectivity index (χ3n) is 2.11. The van der Waals surface area contributed by atoms with Gasteiger partial charge in [-0.3, -0.25) is 9.59 Å². The minimum atomic E-state index is -0.328. The lowest BCUT2D eigenvalue weighted by atomic mass is 10.1. The zero-order valence-corrected chi connectivity index (χ0v) is 11.5. The molecule has 4 heteroatoms. The normalized spacial score (nSPS) is 10.4. The smallest absolute Gasteiger partial charge is 0.306 e. The molecule has 0 bridgehead atoms. The average molecular weight is 299 g/mol. The number of rotatable bonds is 5. The molecule has 0 N–H and O–H groups in total. The highest BCUT2D eigenvalue weighted by Crippen LogP contribution is 2.11. The van der Waals surface area contributed by atoms with Crippen molar-refractivity contribution in [3.63, 3.8) is 0 Å². The number of ketones is 1. The Kier molecular flexibility index (Phi) is 5.35. The summed E-state index contributed by atoms with van der Waals surface area (Å²) >= 11 is 3.29. The van der Waals surface area contributed by atoms with Crippen LogP contribution in [-0.4, -0.2) is 18.4 Å². The van der Waals surface area contributed by atoms with Crippen molar-refractivity contribution in [2.75, 3.05) is 6.61 Å². The molecule has 0 amide bonds. The number of benzene rings is 1. The predicted octanol–water partition coefficient (Wildman–Crippen LogP) is 3.22. The third-order valence-corrected chi connectivity index (χ3v) is 2.63. The van der Waals surface area contributed by atoms with Crippen molar-refractivity contribution in [3.8, 4) is 0 Å². The van der Waals surface area contributed by atoms with E-state index < -0.39 is 0 Å². The van der Waals surface area contributed by atoms with Gasteiger partial charge in [0.15, 0.2) is 12.4 Å². The zero-order valence-electron chi connectivity index (χ0n) is 9.90. The van der Waals surface area contributed by atoms with Crippen LogP contribution in [0.15, 0.2) is 28.7 Å². The van der Waals surface area contributed by atoms with Crippen molar-refractivity contribution in [2.24, 2.45) is 5.92 Å². The van der Waals surface area contributed by atoms with Crippen LogP contribution in [0.5, 0.6) is 0 Å². The van der Waals surface area contributed by atoms with E-state index >= 15 is 0 Å². The number of esters is 1. The van der Waals surface area contributed by atoms with Gasteiger partial charge in [0.05, 0.1) is 0 Å². The van der Waals surface area contributed by atoms with Gasteiger partial charge < -0.3 is 4.74 Å². The van der Waals surface area contributed by atoms with E-state index in [4.69, 9.17) is 4.74 Å².